The molecule has 0 N–H and O–H groups in total. The molecule has 2 rings (SSSR count). The SMILES string of the molecule is CCC(C)COc1ccc(C(C)(C)c2ccc(OCC(Cl)CC)cc2)cc1. The molecular formula is C24H33ClO2. The van der Waals surface area contributed by atoms with Crippen molar-refractivity contribution in [3.63, 3.8) is 0 Å². The van der Waals surface area contributed by atoms with Gasteiger partial charge in [0.05, 0.1) is 12.0 Å². The molecule has 2 atom stereocenters. The second-order valence-electron chi connectivity index (χ2n) is 7.81. The Bertz CT molecular complexity index is 617. The number of hydrogen-bond donors (Lipinski definition) is 0. The summed E-state index contributed by atoms with van der Waals surface area (Å²) in [5, 5.41) is 0.0576. The van der Waals surface area contributed by atoms with E-state index < -0.39 is 0 Å². The fourth-order valence-electron chi connectivity index (χ4n) is 2.76. The first-order valence-corrected chi connectivity index (χ1v) is 10.4. The average molecular weight is 389 g/mol. The molecular weight excluding hydrogens is 356 g/mol. The second kappa shape index (κ2) is 10.0. The molecule has 0 aliphatic rings. The molecule has 0 bridgehead atoms. The minimum Gasteiger partial charge on any atom is -0.493 e. The van der Waals surface area contributed by atoms with Crippen LogP contribution in [0.1, 0.15) is 58.6 Å². The van der Waals surface area contributed by atoms with Crippen molar-refractivity contribution in [3.8, 4) is 11.5 Å². The summed E-state index contributed by atoms with van der Waals surface area (Å²) in [5.41, 5.74) is 2.42. The molecule has 3 heteroatoms. The quantitative estimate of drug-likeness (QED) is 0.415. The molecule has 0 aliphatic carbocycles. The number of ether oxygens (including phenoxy) is 2. The van der Waals surface area contributed by atoms with E-state index in [1.165, 1.54) is 11.1 Å². The highest BCUT2D eigenvalue weighted by Gasteiger charge is 2.23. The Balaban J connectivity index is 2.04. The predicted molar refractivity (Wildman–Crippen MR) is 115 cm³/mol. The van der Waals surface area contributed by atoms with Gasteiger partial charge in [0.2, 0.25) is 0 Å². The second-order valence-corrected chi connectivity index (χ2v) is 8.43. The van der Waals surface area contributed by atoms with Crippen molar-refractivity contribution < 1.29 is 9.47 Å². The monoisotopic (exact) mass is 388 g/mol. The molecule has 0 saturated carbocycles. The van der Waals surface area contributed by atoms with E-state index in [1.54, 1.807) is 0 Å². The Morgan fingerprint density at radius 1 is 0.778 bits per heavy atom. The molecule has 2 aromatic carbocycles. The zero-order chi connectivity index (χ0) is 19.9. The number of benzene rings is 2. The highest BCUT2D eigenvalue weighted by atomic mass is 35.5. The molecule has 0 heterocycles. The zero-order valence-electron chi connectivity index (χ0n) is 17.3. The van der Waals surface area contributed by atoms with Gasteiger partial charge in [-0.05, 0) is 47.7 Å². The lowest BCUT2D eigenvalue weighted by Crippen LogP contribution is -2.19. The lowest BCUT2D eigenvalue weighted by molar-refractivity contribution is 0.256. The molecule has 2 nitrogen and oxygen atoms in total. The normalized spacial score (nSPS) is 13.9. The Kier molecular flexibility index (Phi) is 8.04. The Morgan fingerprint density at radius 3 is 1.63 bits per heavy atom. The third-order valence-electron chi connectivity index (χ3n) is 5.26. The van der Waals surface area contributed by atoms with Gasteiger partial charge in [-0.3, -0.25) is 0 Å². The van der Waals surface area contributed by atoms with Gasteiger partial charge in [-0.15, -0.1) is 11.6 Å². The molecule has 0 aliphatic heterocycles. The van der Waals surface area contributed by atoms with Crippen LogP contribution >= 0.6 is 11.6 Å². The maximum Gasteiger partial charge on any atom is 0.119 e. The summed E-state index contributed by atoms with van der Waals surface area (Å²) >= 11 is 6.12. The van der Waals surface area contributed by atoms with Gasteiger partial charge in [-0.2, -0.15) is 0 Å². The Morgan fingerprint density at radius 2 is 1.22 bits per heavy atom. The molecule has 0 spiro atoms. The summed E-state index contributed by atoms with van der Waals surface area (Å²) in [7, 11) is 0. The van der Waals surface area contributed by atoms with Crippen molar-refractivity contribution in [2.45, 2.75) is 58.3 Å². The van der Waals surface area contributed by atoms with E-state index in [2.05, 4.69) is 71.0 Å². The fraction of sp³-hybridized carbons (Fsp3) is 0.500. The highest BCUT2D eigenvalue weighted by molar-refractivity contribution is 6.20. The lowest BCUT2D eigenvalue weighted by Gasteiger charge is -2.26. The van der Waals surface area contributed by atoms with Crippen molar-refractivity contribution >= 4 is 11.6 Å². The Hall–Kier alpha value is -1.67. The summed E-state index contributed by atoms with van der Waals surface area (Å²) < 4.78 is 11.6. The van der Waals surface area contributed by atoms with E-state index >= 15 is 0 Å². The third-order valence-corrected chi connectivity index (χ3v) is 5.69. The van der Waals surface area contributed by atoms with Gasteiger partial charge in [-0.1, -0.05) is 65.3 Å². The smallest absolute Gasteiger partial charge is 0.119 e. The minimum atomic E-state index is -0.0911. The largest absolute Gasteiger partial charge is 0.493 e. The van der Waals surface area contributed by atoms with Gasteiger partial charge < -0.3 is 9.47 Å². The van der Waals surface area contributed by atoms with Gasteiger partial charge in [-0.25, -0.2) is 0 Å². The topological polar surface area (TPSA) is 18.5 Å². The van der Waals surface area contributed by atoms with E-state index in [0.717, 1.165) is 30.9 Å². The Labute approximate surface area is 169 Å². The van der Waals surface area contributed by atoms with E-state index in [0.29, 0.717) is 12.5 Å². The lowest BCUT2D eigenvalue weighted by atomic mass is 9.78. The van der Waals surface area contributed by atoms with Gasteiger partial charge in [0.1, 0.15) is 18.1 Å². The van der Waals surface area contributed by atoms with Gasteiger partial charge >= 0.3 is 0 Å². The maximum atomic E-state index is 6.12. The van der Waals surface area contributed by atoms with Crippen LogP contribution < -0.4 is 9.47 Å². The molecule has 27 heavy (non-hydrogen) atoms. The van der Waals surface area contributed by atoms with Gasteiger partial charge in [0.25, 0.3) is 0 Å². The summed E-state index contributed by atoms with van der Waals surface area (Å²) in [6.45, 7) is 12.2. The summed E-state index contributed by atoms with van der Waals surface area (Å²) in [5.74, 6) is 2.38. The molecule has 0 radical (unpaired) electrons. The van der Waals surface area contributed by atoms with Crippen molar-refractivity contribution in [1.29, 1.82) is 0 Å². The summed E-state index contributed by atoms with van der Waals surface area (Å²) in [6, 6.07) is 16.8. The standard InChI is InChI=1S/C24H33ClO2/c1-6-18(3)16-26-22-12-8-19(9-13-22)24(4,5)20-10-14-23(15-11-20)27-17-21(25)7-2/h8-15,18,21H,6-7,16-17H2,1-5H3. The van der Waals surface area contributed by atoms with Crippen LogP contribution in [-0.4, -0.2) is 18.6 Å². The summed E-state index contributed by atoms with van der Waals surface area (Å²) in [4.78, 5) is 0. The number of alkyl halides is 1. The van der Waals surface area contributed by atoms with E-state index in [9.17, 15) is 0 Å². The van der Waals surface area contributed by atoms with Crippen LogP contribution in [0.5, 0.6) is 11.5 Å². The molecule has 0 aromatic heterocycles. The predicted octanol–water partition coefficient (Wildman–Crippen LogP) is 6.83. The number of halogens is 1. The van der Waals surface area contributed by atoms with Crippen LogP contribution in [0.4, 0.5) is 0 Å². The highest BCUT2D eigenvalue weighted by Crippen LogP contribution is 2.33. The molecule has 2 unspecified atom stereocenters. The zero-order valence-corrected chi connectivity index (χ0v) is 18.1. The van der Waals surface area contributed by atoms with Crippen LogP contribution in [0.3, 0.4) is 0 Å². The van der Waals surface area contributed by atoms with Crippen LogP contribution in [-0.2, 0) is 5.41 Å². The van der Waals surface area contributed by atoms with E-state index in [4.69, 9.17) is 21.1 Å². The van der Waals surface area contributed by atoms with Crippen LogP contribution in [0.2, 0.25) is 0 Å². The first-order valence-electron chi connectivity index (χ1n) is 9.97. The molecule has 0 saturated heterocycles. The van der Waals surface area contributed by atoms with Crippen LogP contribution in [0.25, 0.3) is 0 Å². The molecule has 148 valence electrons. The van der Waals surface area contributed by atoms with Crippen molar-refractivity contribution in [2.75, 3.05) is 13.2 Å². The third kappa shape index (κ3) is 6.17. The fourth-order valence-corrected chi connectivity index (χ4v) is 2.83. The first kappa shape index (κ1) is 21.6. The number of hydrogen-bond acceptors (Lipinski definition) is 2. The van der Waals surface area contributed by atoms with Crippen molar-refractivity contribution in [2.24, 2.45) is 5.92 Å². The average Bonchev–Trinajstić information content (AvgIpc) is 2.70. The van der Waals surface area contributed by atoms with Crippen molar-refractivity contribution in [1.82, 2.24) is 0 Å². The van der Waals surface area contributed by atoms with Gasteiger partial charge in [0.15, 0.2) is 0 Å². The minimum absolute atomic E-state index is 0.0576. The van der Waals surface area contributed by atoms with E-state index in [-0.39, 0.29) is 10.8 Å². The molecule has 2 aromatic rings. The maximum absolute atomic E-state index is 6.12. The van der Waals surface area contributed by atoms with Gasteiger partial charge in [0, 0.05) is 5.41 Å². The number of rotatable bonds is 10. The van der Waals surface area contributed by atoms with Crippen molar-refractivity contribution in [3.05, 3.63) is 59.7 Å². The first-order chi connectivity index (χ1) is 12.9. The summed E-state index contributed by atoms with van der Waals surface area (Å²) in [6.07, 6.45) is 2.04. The van der Waals surface area contributed by atoms with E-state index in [1.807, 2.05) is 12.1 Å². The molecule has 0 fully saturated rings. The van der Waals surface area contributed by atoms with Crippen LogP contribution in [0, 0.1) is 5.92 Å². The van der Waals surface area contributed by atoms with Crippen LogP contribution in [0.15, 0.2) is 48.5 Å². The molecule has 0 amide bonds.